The first kappa shape index (κ1) is 14.1. The maximum Gasteiger partial charge on any atom is 0.333 e. The average molecular weight is 324 g/mol. The third kappa shape index (κ3) is 4.08. The van der Waals surface area contributed by atoms with Crippen molar-refractivity contribution in [3.63, 3.8) is 0 Å². The molecule has 6 nitrogen and oxygen atoms in total. The van der Waals surface area contributed by atoms with Gasteiger partial charge in [0.05, 0.1) is 4.90 Å². The Labute approximate surface area is 106 Å². The highest BCUT2D eigenvalue weighted by Gasteiger charge is 2.19. The molecule has 0 spiro atoms. The molecule has 3 N–H and O–H groups in total. The van der Waals surface area contributed by atoms with Gasteiger partial charge in [0.15, 0.2) is 6.10 Å². The molecule has 17 heavy (non-hydrogen) atoms. The van der Waals surface area contributed by atoms with Crippen LogP contribution in [0.4, 0.5) is 0 Å². The van der Waals surface area contributed by atoms with Crippen molar-refractivity contribution in [2.24, 2.45) is 0 Å². The van der Waals surface area contributed by atoms with E-state index in [0.717, 1.165) is 0 Å². The second-order valence-electron chi connectivity index (χ2n) is 3.16. The molecule has 8 heteroatoms. The number of aliphatic hydroxyl groups excluding tert-OH is 1. The molecular weight excluding hydrogens is 314 g/mol. The summed E-state index contributed by atoms with van der Waals surface area (Å²) in [5, 5.41) is 17.4. The highest BCUT2D eigenvalue weighted by atomic mass is 79.9. The molecule has 0 fully saturated rings. The zero-order valence-electron chi connectivity index (χ0n) is 8.50. The molecule has 1 atom stereocenters. The van der Waals surface area contributed by atoms with Gasteiger partial charge in [0.1, 0.15) is 0 Å². The van der Waals surface area contributed by atoms with Crippen LogP contribution in [0.25, 0.3) is 0 Å². The van der Waals surface area contributed by atoms with Gasteiger partial charge in [0.25, 0.3) is 0 Å². The largest absolute Gasteiger partial charge is 0.479 e. The summed E-state index contributed by atoms with van der Waals surface area (Å²) < 4.78 is 25.9. The van der Waals surface area contributed by atoms with Gasteiger partial charge in [-0.1, -0.05) is 22.0 Å². The predicted octanol–water partition coefficient (Wildman–Crippen LogP) is 0.173. The number of halogens is 1. The number of aliphatic hydroxyl groups is 1. The predicted molar refractivity (Wildman–Crippen MR) is 63.0 cm³/mol. The van der Waals surface area contributed by atoms with E-state index in [1.54, 1.807) is 6.07 Å². The molecule has 0 heterocycles. The fourth-order valence-corrected chi connectivity index (χ4v) is 2.63. The molecule has 0 amide bonds. The van der Waals surface area contributed by atoms with Crippen LogP contribution in [-0.4, -0.2) is 37.2 Å². The fraction of sp³-hybridized carbons (Fsp3) is 0.222. The topological polar surface area (TPSA) is 104 Å². The number of carbonyl (C=O) groups is 1. The van der Waals surface area contributed by atoms with Gasteiger partial charge in [0.2, 0.25) is 10.0 Å². The smallest absolute Gasteiger partial charge is 0.333 e. The lowest BCUT2D eigenvalue weighted by molar-refractivity contribution is -0.146. The van der Waals surface area contributed by atoms with Gasteiger partial charge in [-0.25, -0.2) is 17.9 Å². The van der Waals surface area contributed by atoms with Gasteiger partial charge in [0, 0.05) is 11.0 Å². The summed E-state index contributed by atoms with van der Waals surface area (Å²) in [6, 6.07) is 5.92. The minimum Gasteiger partial charge on any atom is -0.479 e. The molecule has 0 saturated carbocycles. The van der Waals surface area contributed by atoms with Crippen LogP contribution in [0.2, 0.25) is 0 Å². The van der Waals surface area contributed by atoms with Gasteiger partial charge >= 0.3 is 5.97 Å². The molecule has 0 aliphatic heterocycles. The quantitative estimate of drug-likeness (QED) is 0.716. The van der Waals surface area contributed by atoms with Crippen LogP contribution in [0.5, 0.6) is 0 Å². The number of hydrogen-bond acceptors (Lipinski definition) is 4. The summed E-state index contributed by atoms with van der Waals surface area (Å²) in [6.45, 7) is -0.579. The minimum atomic E-state index is -3.81. The highest BCUT2D eigenvalue weighted by Crippen LogP contribution is 2.15. The van der Waals surface area contributed by atoms with Crippen molar-refractivity contribution in [2.45, 2.75) is 11.0 Å². The number of rotatable bonds is 5. The van der Waals surface area contributed by atoms with Crippen LogP contribution in [0.3, 0.4) is 0 Å². The minimum absolute atomic E-state index is 0.00976. The lowest BCUT2D eigenvalue weighted by atomic mass is 10.4. The second kappa shape index (κ2) is 5.58. The van der Waals surface area contributed by atoms with E-state index >= 15 is 0 Å². The molecule has 0 saturated heterocycles. The summed E-state index contributed by atoms with van der Waals surface area (Å²) in [6.07, 6.45) is -1.77. The average Bonchev–Trinajstić information content (AvgIpc) is 2.26. The van der Waals surface area contributed by atoms with E-state index < -0.39 is 28.6 Å². The van der Waals surface area contributed by atoms with Crippen molar-refractivity contribution in [1.82, 2.24) is 4.72 Å². The van der Waals surface area contributed by atoms with Crippen molar-refractivity contribution >= 4 is 31.9 Å². The van der Waals surface area contributed by atoms with E-state index in [4.69, 9.17) is 10.2 Å². The standard InChI is InChI=1S/C9H10BrNO5S/c10-6-2-1-3-7(4-6)17(15,16)11-5-8(12)9(13)14/h1-4,8,11-12H,5H2,(H,13,14)/t8-/m0/s1. The summed E-state index contributed by atoms with van der Waals surface area (Å²) in [5.74, 6) is -1.48. The van der Waals surface area contributed by atoms with Crippen molar-refractivity contribution in [3.05, 3.63) is 28.7 Å². The molecule has 0 unspecified atom stereocenters. The number of benzene rings is 1. The van der Waals surface area contributed by atoms with E-state index in [2.05, 4.69) is 15.9 Å². The first-order chi connectivity index (χ1) is 7.83. The molecule has 0 aromatic heterocycles. The number of carboxylic acids is 1. The van der Waals surface area contributed by atoms with Crippen LogP contribution in [0, 0.1) is 0 Å². The second-order valence-corrected chi connectivity index (χ2v) is 5.85. The molecule has 0 aliphatic rings. The number of nitrogens with one attached hydrogen (secondary N) is 1. The van der Waals surface area contributed by atoms with Crippen LogP contribution >= 0.6 is 15.9 Å². The molecule has 1 aromatic rings. The molecule has 0 bridgehead atoms. The Bertz CT molecular complexity index is 516. The Morgan fingerprint density at radius 1 is 1.47 bits per heavy atom. The van der Waals surface area contributed by atoms with Crippen LogP contribution in [0.15, 0.2) is 33.6 Å². The zero-order valence-corrected chi connectivity index (χ0v) is 10.9. The SMILES string of the molecule is O=C(O)[C@@H](O)CNS(=O)(=O)c1cccc(Br)c1. The van der Waals surface area contributed by atoms with Crippen molar-refractivity contribution in [3.8, 4) is 0 Å². The van der Waals surface area contributed by atoms with Gasteiger partial charge in [-0.15, -0.1) is 0 Å². The number of sulfonamides is 1. The summed E-state index contributed by atoms with van der Waals surface area (Å²) in [5.41, 5.74) is 0. The van der Waals surface area contributed by atoms with E-state index in [0.29, 0.717) is 4.47 Å². The van der Waals surface area contributed by atoms with E-state index in [9.17, 15) is 13.2 Å². The molecule has 1 rings (SSSR count). The Hall–Kier alpha value is -0.960. The third-order valence-corrected chi connectivity index (χ3v) is 3.77. The maximum atomic E-state index is 11.7. The van der Waals surface area contributed by atoms with Crippen LogP contribution in [-0.2, 0) is 14.8 Å². The first-order valence-electron chi connectivity index (χ1n) is 4.49. The van der Waals surface area contributed by atoms with E-state index in [1.165, 1.54) is 18.2 Å². The number of carboxylic acid groups (broad SMARTS) is 1. The van der Waals surface area contributed by atoms with Crippen LogP contribution in [0.1, 0.15) is 0 Å². The Kier molecular flexibility index (Phi) is 4.63. The highest BCUT2D eigenvalue weighted by molar-refractivity contribution is 9.10. The molecule has 1 aromatic carbocycles. The van der Waals surface area contributed by atoms with E-state index in [1.807, 2.05) is 4.72 Å². The first-order valence-corrected chi connectivity index (χ1v) is 6.76. The van der Waals surface area contributed by atoms with Crippen molar-refractivity contribution < 1.29 is 23.4 Å². The Balaban J connectivity index is 2.79. The number of aliphatic carboxylic acids is 1. The van der Waals surface area contributed by atoms with Crippen molar-refractivity contribution in [1.29, 1.82) is 0 Å². The monoisotopic (exact) mass is 323 g/mol. The van der Waals surface area contributed by atoms with Gasteiger partial charge in [-0.3, -0.25) is 0 Å². The Morgan fingerprint density at radius 2 is 2.12 bits per heavy atom. The van der Waals surface area contributed by atoms with Gasteiger partial charge in [-0.05, 0) is 18.2 Å². The summed E-state index contributed by atoms with van der Waals surface area (Å²) in [4.78, 5) is 10.3. The fourth-order valence-electron chi connectivity index (χ4n) is 0.993. The molecule has 0 aliphatic carbocycles. The summed E-state index contributed by atoms with van der Waals surface area (Å²) >= 11 is 3.12. The van der Waals surface area contributed by atoms with Crippen LogP contribution < -0.4 is 4.72 Å². The zero-order chi connectivity index (χ0) is 13.1. The maximum absolute atomic E-state index is 11.7. The van der Waals surface area contributed by atoms with Gasteiger partial charge in [-0.2, -0.15) is 0 Å². The van der Waals surface area contributed by atoms with E-state index in [-0.39, 0.29) is 4.90 Å². The summed E-state index contributed by atoms with van der Waals surface area (Å²) in [7, 11) is -3.81. The number of hydrogen-bond donors (Lipinski definition) is 3. The normalized spacial score (nSPS) is 13.3. The van der Waals surface area contributed by atoms with Crippen molar-refractivity contribution in [2.75, 3.05) is 6.54 Å². The third-order valence-electron chi connectivity index (χ3n) is 1.86. The lowest BCUT2D eigenvalue weighted by Crippen LogP contribution is -2.36. The van der Waals surface area contributed by atoms with Gasteiger partial charge < -0.3 is 10.2 Å². The molecular formula is C9H10BrNO5S. The Morgan fingerprint density at radius 3 is 2.65 bits per heavy atom. The lowest BCUT2D eigenvalue weighted by Gasteiger charge is -2.08. The molecule has 0 radical (unpaired) electrons. The molecule has 94 valence electrons.